The molecule has 0 spiro atoms. The Morgan fingerprint density at radius 3 is 2.79 bits per heavy atom. The molecule has 1 aromatic heterocycles. The fourth-order valence-corrected chi connectivity index (χ4v) is 1.18. The summed E-state index contributed by atoms with van der Waals surface area (Å²) < 4.78 is 12.8. The molecule has 0 radical (unpaired) electrons. The van der Waals surface area contributed by atoms with Gasteiger partial charge in [-0.2, -0.15) is 5.10 Å². The van der Waals surface area contributed by atoms with Gasteiger partial charge in [-0.05, 0) is 18.2 Å². The van der Waals surface area contributed by atoms with Crippen LogP contribution >= 0.6 is 11.6 Å². The number of rotatable bonds is 1. The lowest BCUT2D eigenvalue weighted by molar-refractivity contribution is 0.626. The van der Waals surface area contributed by atoms with E-state index in [2.05, 4.69) is 10.2 Å². The first kappa shape index (κ1) is 8.96. The molecule has 0 saturated heterocycles. The number of hydrogen-bond donors (Lipinski definition) is 1. The first-order valence-electron chi connectivity index (χ1n) is 3.80. The number of benzene rings is 1. The van der Waals surface area contributed by atoms with E-state index in [4.69, 9.17) is 17.3 Å². The second-order valence-corrected chi connectivity index (χ2v) is 3.06. The van der Waals surface area contributed by atoms with Crippen LogP contribution in [0.3, 0.4) is 0 Å². The topological polar surface area (TPSA) is 56.7 Å². The van der Waals surface area contributed by atoms with Gasteiger partial charge in [0.1, 0.15) is 5.82 Å². The molecular formula is C8H6ClFN4. The van der Waals surface area contributed by atoms with Gasteiger partial charge in [-0.15, -0.1) is 9.90 Å². The van der Waals surface area contributed by atoms with E-state index in [1.54, 1.807) is 0 Å². The molecule has 0 amide bonds. The van der Waals surface area contributed by atoms with E-state index in [9.17, 15) is 4.39 Å². The van der Waals surface area contributed by atoms with Gasteiger partial charge in [-0.25, -0.2) is 4.39 Å². The van der Waals surface area contributed by atoms with Crippen molar-refractivity contribution in [3.8, 4) is 5.69 Å². The Kier molecular flexibility index (Phi) is 2.09. The number of nitrogens with zero attached hydrogens (tertiary/aromatic N) is 3. The van der Waals surface area contributed by atoms with E-state index >= 15 is 0 Å². The van der Waals surface area contributed by atoms with Gasteiger partial charge in [-0.3, -0.25) is 0 Å². The Hall–Kier alpha value is -1.62. The van der Waals surface area contributed by atoms with E-state index in [1.165, 1.54) is 29.2 Å². The molecule has 0 aliphatic carbocycles. The van der Waals surface area contributed by atoms with Crippen LogP contribution in [0.2, 0.25) is 5.02 Å². The lowest BCUT2D eigenvalue weighted by Gasteiger charge is -1.99. The first-order chi connectivity index (χ1) is 6.66. The van der Waals surface area contributed by atoms with Crippen LogP contribution in [0.5, 0.6) is 0 Å². The molecule has 0 bridgehead atoms. The number of halogens is 2. The summed E-state index contributed by atoms with van der Waals surface area (Å²) in [4.78, 5) is 1.28. The fourth-order valence-electron chi connectivity index (χ4n) is 1.01. The minimum absolute atomic E-state index is 0.0263. The maximum atomic E-state index is 12.8. The van der Waals surface area contributed by atoms with Crippen LogP contribution in [0, 0.1) is 5.82 Å². The third kappa shape index (κ3) is 1.54. The zero-order valence-corrected chi connectivity index (χ0v) is 7.74. The van der Waals surface area contributed by atoms with E-state index in [1.807, 2.05) is 0 Å². The van der Waals surface area contributed by atoms with Gasteiger partial charge in [-0.1, -0.05) is 11.6 Å². The quantitative estimate of drug-likeness (QED) is 0.782. The van der Waals surface area contributed by atoms with Gasteiger partial charge < -0.3 is 5.73 Å². The molecule has 1 heterocycles. The van der Waals surface area contributed by atoms with Crippen LogP contribution in [-0.4, -0.2) is 15.0 Å². The number of nitrogens with two attached hydrogens (primary N) is 1. The van der Waals surface area contributed by atoms with E-state index in [0.717, 1.165) is 0 Å². The molecule has 4 nitrogen and oxygen atoms in total. The van der Waals surface area contributed by atoms with Gasteiger partial charge in [0.25, 0.3) is 0 Å². The molecule has 0 unspecified atom stereocenters. The third-order valence-corrected chi connectivity index (χ3v) is 1.93. The number of nitrogen functional groups attached to an aromatic ring is 1. The lowest BCUT2D eigenvalue weighted by atomic mass is 10.3. The van der Waals surface area contributed by atoms with Crippen molar-refractivity contribution in [2.45, 2.75) is 0 Å². The Balaban J connectivity index is 2.47. The molecule has 2 rings (SSSR count). The van der Waals surface area contributed by atoms with Crippen molar-refractivity contribution in [2.75, 3.05) is 5.73 Å². The van der Waals surface area contributed by atoms with Crippen molar-refractivity contribution in [2.24, 2.45) is 0 Å². The average Bonchev–Trinajstić information content (AvgIpc) is 2.57. The fraction of sp³-hybridized carbons (Fsp3) is 0. The Bertz CT molecular complexity index is 468. The molecule has 0 atom stereocenters. The molecule has 6 heteroatoms. The standard InChI is InChI=1S/C8H6ClFN4/c9-6-3-5(1-2-7(6)10)14-12-4-8(11)13-14/h1-4H,(H2,11,13). The van der Waals surface area contributed by atoms with Crippen molar-refractivity contribution < 1.29 is 4.39 Å². The minimum atomic E-state index is -0.476. The molecule has 2 N–H and O–H groups in total. The minimum Gasteiger partial charge on any atom is -0.381 e. The first-order valence-corrected chi connectivity index (χ1v) is 4.18. The largest absolute Gasteiger partial charge is 0.381 e. The zero-order valence-electron chi connectivity index (χ0n) is 6.98. The predicted molar refractivity (Wildman–Crippen MR) is 50.7 cm³/mol. The highest BCUT2D eigenvalue weighted by Gasteiger charge is 2.04. The summed E-state index contributed by atoms with van der Waals surface area (Å²) in [6, 6.07) is 4.19. The van der Waals surface area contributed by atoms with Crippen molar-refractivity contribution in [1.29, 1.82) is 0 Å². The highest BCUT2D eigenvalue weighted by molar-refractivity contribution is 6.30. The van der Waals surface area contributed by atoms with E-state index < -0.39 is 5.82 Å². The lowest BCUT2D eigenvalue weighted by Crippen LogP contribution is -1.99. The number of hydrogen-bond acceptors (Lipinski definition) is 3. The summed E-state index contributed by atoms with van der Waals surface area (Å²) in [5.74, 6) is -0.180. The average molecular weight is 213 g/mol. The SMILES string of the molecule is Nc1cnn(-c2ccc(F)c(Cl)c2)n1. The maximum Gasteiger partial charge on any atom is 0.166 e. The van der Waals surface area contributed by atoms with Gasteiger partial charge in [0.2, 0.25) is 0 Å². The van der Waals surface area contributed by atoms with E-state index in [0.29, 0.717) is 11.5 Å². The highest BCUT2D eigenvalue weighted by atomic mass is 35.5. The molecule has 14 heavy (non-hydrogen) atoms. The summed E-state index contributed by atoms with van der Waals surface area (Å²) in [7, 11) is 0. The number of aromatic nitrogens is 3. The second-order valence-electron chi connectivity index (χ2n) is 2.66. The van der Waals surface area contributed by atoms with Crippen LogP contribution < -0.4 is 5.73 Å². The summed E-state index contributed by atoms with van der Waals surface area (Å²) >= 11 is 5.60. The van der Waals surface area contributed by atoms with Crippen LogP contribution in [0.25, 0.3) is 5.69 Å². The summed E-state index contributed by atoms with van der Waals surface area (Å²) in [6.07, 6.45) is 1.40. The Labute approximate surface area is 84.1 Å². The molecular weight excluding hydrogens is 207 g/mol. The van der Waals surface area contributed by atoms with Gasteiger partial charge >= 0.3 is 0 Å². The van der Waals surface area contributed by atoms with Gasteiger partial charge in [0.15, 0.2) is 5.82 Å². The monoisotopic (exact) mass is 212 g/mol. The van der Waals surface area contributed by atoms with Crippen molar-refractivity contribution >= 4 is 17.4 Å². The van der Waals surface area contributed by atoms with Crippen molar-refractivity contribution in [1.82, 2.24) is 15.0 Å². The van der Waals surface area contributed by atoms with Gasteiger partial charge in [0, 0.05) is 0 Å². The zero-order chi connectivity index (χ0) is 10.1. The molecule has 0 fully saturated rings. The highest BCUT2D eigenvalue weighted by Crippen LogP contribution is 2.17. The number of anilines is 1. The Morgan fingerprint density at radius 1 is 1.43 bits per heavy atom. The smallest absolute Gasteiger partial charge is 0.166 e. The molecule has 0 aliphatic rings. The van der Waals surface area contributed by atoms with Crippen LogP contribution in [-0.2, 0) is 0 Å². The van der Waals surface area contributed by atoms with Crippen molar-refractivity contribution in [3.63, 3.8) is 0 Å². The predicted octanol–water partition coefficient (Wildman–Crippen LogP) is 1.64. The summed E-state index contributed by atoms with van der Waals surface area (Å²) in [6.45, 7) is 0. The molecule has 72 valence electrons. The second kappa shape index (κ2) is 3.26. The molecule has 2 aromatic rings. The van der Waals surface area contributed by atoms with Crippen LogP contribution in [0.15, 0.2) is 24.4 Å². The van der Waals surface area contributed by atoms with E-state index in [-0.39, 0.29) is 5.02 Å². The molecule has 1 aromatic carbocycles. The Morgan fingerprint density at radius 2 is 2.21 bits per heavy atom. The molecule has 0 aliphatic heterocycles. The van der Waals surface area contributed by atoms with Crippen LogP contribution in [0.1, 0.15) is 0 Å². The summed E-state index contributed by atoms with van der Waals surface area (Å²) in [5.41, 5.74) is 5.95. The third-order valence-electron chi connectivity index (χ3n) is 1.64. The maximum absolute atomic E-state index is 12.8. The normalized spacial score (nSPS) is 10.4. The van der Waals surface area contributed by atoms with Crippen molar-refractivity contribution in [3.05, 3.63) is 35.2 Å². The van der Waals surface area contributed by atoms with Crippen LogP contribution in [0.4, 0.5) is 10.2 Å². The summed E-state index contributed by atoms with van der Waals surface area (Å²) in [5, 5.41) is 7.74. The molecule has 0 saturated carbocycles. The van der Waals surface area contributed by atoms with Gasteiger partial charge in [0.05, 0.1) is 16.9 Å².